The summed E-state index contributed by atoms with van der Waals surface area (Å²) in [6.45, 7) is 3.86. The molecule has 4 heteroatoms. The SMILES string of the molecule is Cc1ncc(Cl)c(Nc2ccccc2C)n1. The fourth-order valence-corrected chi connectivity index (χ4v) is 1.52. The van der Waals surface area contributed by atoms with Crippen molar-refractivity contribution in [2.24, 2.45) is 0 Å². The molecule has 1 heterocycles. The maximum Gasteiger partial charge on any atom is 0.152 e. The third-order valence-electron chi connectivity index (χ3n) is 2.26. The summed E-state index contributed by atoms with van der Waals surface area (Å²) in [5.74, 6) is 1.34. The van der Waals surface area contributed by atoms with Crippen LogP contribution >= 0.6 is 11.6 Å². The topological polar surface area (TPSA) is 37.8 Å². The predicted molar refractivity (Wildman–Crippen MR) is 66.2 cm³/mol. The summed E-state index contributed by atoms with van der Waals surface area (Å²) in [7, 11) is 0. The second-order valence-corrected chi connectivity index (χ2v) is 3.96. The van der Waals surface area contributed by atoms with Crippen LogP contribution < -0.4 is 5.32 Å². The average Bonchev–Trinajstić information content (AvgIpc) is 2.27. The van der Waals surface area contributed by atoms with Gasteiger partial charge in [-0.15, -0.1) is 0 Å². The van der Waals surface area contributed by atoms with Crippen molar-refractivity contribution in [1.29, 1.82) is 0 Å². The van der Waals surface area contributed by atoms with Crippen molar-refractivity contribution in [3.8, 4) is 0 Å². The van der Waals surface area contributed by atoms with E-state index in [1.54, 1.807) is 6.20 Å². The quantitative estimate of drug-likeness (QED) is 0.863. The van der Waals surface area contributed by atoms with E-state index in [2.05, 4.69) is 15.3 Å². The van der Waals surface area contributed by atoms with Crippen LogP contribution in [0.25, 0.3) is 0 Å². The number of aromatic nitrogens is 2. The molecular formula is C12H12ClN3. The highest BCUT2D eigenvalue weighted by molar-refractivity contribution is 6.32. The number of aryl methyl sites for hydroxylation is 2. The van der Waals surface area contributed by atoms with E-state index < -0.39 is 0 Å². The zero-order valence-corrected chi connectivity index (χ0v) is 9.92. The summed E-state index contributed by atoms with van der Waals surface area (Å²) in [6.07, 6.45) is 1.60. The lowest BCUT2D eigenvalue weighted by molar-refractivity contribution is 1.06. The average molecular weight is 234 g/mol. The number of para-hydroxylation sites is 1. The molecule has 0 saturated carbocycles. The molecular weight excluding hydrogens is 222 g/mol. The summed E-state index contributed by atoms with van der Waals surface area (Å²) in [5.41, 5.74) is 2.15. The number of nitrogens with zero attached hydrogens (tertiary/aromatic N) is 2. The molecule has 0 spiro atoms. The van der Waals surface area contributed by atoms with Gasteiger partial charge < -0.3 is 5.32 Å². The molecule has 0 aliphatic rings. The number of anilines is 2. The molecule has 1 N–H and O–H groups in total. The molecule has 2 rings (SSSR count). The van der Waals surface area contributed by atoms with Gasteiger partial charge in [0, 0.05) is 5.69 Å². The van der Waals surface area contributed by atoms with Gasteiger partial charge in [0.25, 0.3) is 0 Å². The number of halogens is 1. The number of hydrogen-bond acceptors (Lipinski definition) is 3. The zero-order valence-electron chi connectivity index (χ0n) is 9.16. The first kappa shape index (κ1) is 10.9. The normalized spacial score (nSPS) is 10.2. The van der Waals surface area contributed by atoms with Crippen LogP contribution in [-0.2, 0) is 0 Å². The van der Waals surface area contributed by atoms with Gasteiger partial charge in [-0.1, -0.05) is 29.8 Å². The number of nitrogens with one attached hydrogen (secondary N) is 1. The van der Waals surface area contributed by atoms with Crippen LogP contribution in [0.5, 0.6) is 0 Å². The molecule has 1 aromatic heterocycles. The standard InChI is InChI=1S/C12H12ClN3/c1-8-5-3-4-6-11(8)16-12-10(13)7-14-9(2)15-12/h3-7H,1-2H3,(H,14,15,16). The van der Waals surface area contributed by atoms with Gasteiger partial charge in [0.1, 0.15) is 10.8 Å². The van der Waals surface area contributed by atoms with Gasteiger partial charge in [0.05, 0.1) is 6.20 Å². The van der Waals surface area contributed by atoms with E-state index in [-0.39, 0.29) is 0 Å². The second kappa shape index (κ2) is 4.49. The van der Waals surface area contributed by atoms with Crippen molar-refractivity contribution in [2.45, 2.75) is 13.8 Å². The molecule has 82 valence electrons. The van der Waals surface area contributed by atoms with Gasteiger partial charge in [0.2, 0.25) is 0 Å². The Balaban J connectivity index is 2.34. The van der Waals surface area contributed by atoms with Gasteiger partial charge in [-0.25, -0.2) is 9.97 Å². The minimum atomic E-state index is 0.522. The van der Waals surface area contributed by atoms with Crippen LogP contribution in [0.1, 0.15) is 11.4 Å². The first-order valence-corrected chi connectivity index (χ1v) is 5.36. The molecule has 0 bridgehead atoms. The van der Waals surface area contributed by atoms with E-state index in [0.29, 0.717) is 16.7 Å². The third-order valence-corrected chi connectivity index (χ3v) is 2.54. The van der Waals surface area contributed by atoms with Crippen molar-refractivity contribution >= 4 is 23.1 Å². The summed E-state index contributed by atoms with van der Waals surface area (Å²) < 4.78 is 0. The molecule has 0 fully saturated rings. The third kappa shape index (κ3) is 2.31. The van der Waals surface area contributed by atoms with Crippen LogP contribution in [-0.4, -0.2) is 9.97 Å². The van der Waals surface area contributed by atoms with Crippen molar-refractivity contribution < 1.29 is 0 Å². The lowest BCUT2D eigenvalue weighted by Crippen LogP contribution is -1.99. The summed E-state index contributed by atoms with van der Waals surface area (Å²) in [4.78, 5) is 8.28. The van der Waals surface area contributed by atoms with E-state index in [0.717, 1.165) is 11.3 Å². The van der Waals surface area contributed by atoms with Gasteiger partial charge in [-0.3, -0.25) is 0 Å². The minimum absolute atomic E-state index is 0.522. The van der Waals surface area contributed by atoms with Gasteiger partial charge in [-0.05, 0) is 25.5 Å². The van der Waals surface area contributed by atoms with E-state index in [4.69, 9.17) is 11.6 Å². The van der Waals surface area contributed by atoms with Crippen LogP contribution in [0, 0.1) is 13.8 Å². The van der Waals surface area contributed by atoms with Crippen molar-refractivity contribution in [3.63, 3.8) is 0 Å². The molecule has 0 aliphatic heterocycles. The number of rotatable bonds is 2. The molecule has 0 atom stereocenters. The minimum Gasteiger partial charge on any atom is -0.339 e. The Morgan fingerprint density at radius 2 is 1.94 bits per heavy atom. The predicted octanol–water partition coefficient (Wildman–Crippen LogP) is 3.49. The molecule has 0 unspecified atom stereocenters. The van der Waals surface area contributed by atoms with E-state index in [1.165, 1.54) is 0 Å². The molecule has 1 aromatic carbocycles. The van der Waals surface area contributed by atoms with Gasteiger partial charge in [-0.2, -0.15) is 0 Å². The van der Waals surface area contributed by atoms with Gasteiger partial charge >= 0.3 is 0 Å². The Labute approximate surface area is 99.5 Å². The van der Waals surface area contributed by atoms with Crippen molar-refractivity contribution in [3.05, 3.63) is 46.9 Å². The van der Waals surface area contributed by atoms with Crippen molar-refractivity contribution in [1.82, 2.24) is 9.97 Å². The van der Waals surface area contributed by atoms with E-state index in [1.807, 2.05) is 38.1 Å². The largest absolute Gasteiger partial charge is 0.339 e. The highest BCUT2D eigenvalue weighted by Gasteiger charge is 2.04. The maximum atomic E-state index is 6.01. The van der Waals surface area contributed by atoms with Crippen LogP contribution in [0.2, 0.25) is 5.02 Å². The number of hydrogen-bond donors (Lipinski definition) is 1. The van der Waals surface area contributed by atoms with E-state index in [9.17, 15) is 0 Å². The molecule has 3 nitrogen and oxygen atoms in total. The Kier molecular flexibility index (Phi) is 3.06. The van der Waals surface area contributed by atoms with E-state index >= 15 is 0 Å². The lowest BCUT2D eigenvalue weighted by Gasteiger charge is -2.09. The first-order valence-electron chi connectivity index (χ1n) is 4.98. The summed E-state index contributed by atoms with van der Waals surface area (Å²) >= 11 is 6.01. The zero-order chi connectivity index (χ0) is 11.5. The fourth-order valence-electron chi connectivity index (χ4n) is 1.38. The van der Waals surface area contributed by atoms with Crippen molar-refractivity contribution in [2.75, 3.05) is 5.32 Å². The Hall–Kier alpha value is -1.61. The molecule has 0 radical (unpaired) electrons. The van der Waals surface area contributed by atoms with Crippen LogP contribution in [0.4, 0.5) is 11.5 Å². The van der Waals surface area contributed by atoms with Crippen LogP contribution in [0.3, 0.4) is 0 Å². The lowest BCUT2D eigenvalue weighted by atomic mass is 10.2. The van der Waals surface area contributed by atoms with Gasteiger partial charge in [0.15, 0.2) is 5.82 Å². The molecule has 16 heavy (non-hydrogen) atoms. The highest BCUT2D eigenvalue weighted by atomic mass is 35.5. The molecule has 0 amide bonds. The summed E-state index contributed by atoms with van der Waals surface area (Å²) in [6, 6.07) is 7.98. The Morgan fingerprint density at radius 1 is 1.19 bits per heavy atom. The molecule has 0 saturated heterocycles. The monoisotopic (exact) mass is 233 g/mol. The Bertz CT molecular complexity index is 511. The smallest absolute Gasteiger partial charge is 0.152 e. The van der Waals surface area contributed by atoms with Crippen LogP contribution in [0.15, 0.2) is 30.5 Å². The highest BCUT2D eigenvalue weighted by Crippen LogP contribution is 2.24. The maximum absolute atomic E-state index is 6.01. The second-order valence-electron chi connectivity index (χ2n) is 3.55. The fraction of sp³-hybridized carbons (Fsp3) is 0.167. The first-order chi connectivity index (χ1) is 7.66. The molecule has 2 aromatic rings. The Morgan fingerprint density at radius 3 is 2.69 bits per heavy atom. The number of benzene rings is 1. The molecule has 0 aliphatic carbocycles. The summed E-state index contributed by atoms with van der Waals surface area (Å²) in [5, 5.41) is 3.72.